The van der Waals surface area contributed by atoms with E-state index in [1.165, 1.54) is 16.7 Å². The first-order chi connectivity index (χ1) is 12.2. The minimum absolute atomic E-state index is 0.337. The highest BCUT2D eigenvalue weighted by Crippen LogP contribution is 2.26. The lowest BCUT2D eigenvalue weighted by Gasteiger charge is -2.18. The van der Waals surface area contributed by atoms with Crippen molar-refractivity contribution in [2.24, 2.45) is 0 Å². The topological polar surface area (TPSA) is 37.3 Å². The third-order valence-corrected chi connectivity index (χ3v) is 4.58. The molecule has 1 N–H and O–H groups in total. The van der Waals surface area contributed by atoms with Crippen LogP contribution in [0.25, 0.3) is 0 Å². The van der Waals surface area contributed by atoms with Crippen LogP contribution < -0.4 is 0 Å². The number of carboxylic acids is 1. The maximum atomic E-state index is 11.0. The average molecular weight is 330 g/mol. The third-order valence-electron chi connectivity index (χ3n) is 4.58. The molecule has 0 aliphatic rings. The molecule has 0 spiro atoms. The second-order valence-corrected chi connectivity index (χ2v) is 6.34. The minimum Gasteiger partial charge on any atom is -0.478 e. The van der Waals surface area contributed by atoms with Crippen molar-refractivity contribution in [2.45, 2.75) is 25.2 Å². The number of hydrogen-bond acceptors (Lipinski definition) is 1. The summed E-state index contributed by atoms with van der Waals surface area (Å²) >= 11 is 0. The highest BCUT2D eigenvalue weighted by molar-refractivity contribution is 5.87. The number of benzene rings is 3. The summed E-state index contributed by atoms with van der Waals surface area (Å²) in [6.45, 7) is 0. The summed E-state index contributed by atoms with van der Waals surface area (Å²) in [5.74, 6) is -0.465. The van der Waals surface area contributed by atoms with Crippen LogP contribution in [0.15, 0.2) is 84.9 Å². The van der Waals surface area contributed by atoms with E-state index in [4.69, 9.17) is 5.11 Å². The van der Waals surface area contributed by atoms with Crippen LogP contribution in [0.2, 0.25) is 0 Å². The van der Waals surface area contributed by atoms with E-state index in [0.29, 0.717) is 11.5 Å². The highest BCUT2D eigenvalue weighted by Gasteiger charge is 2.13. The predicted molar refractivity (Wildman–Crippen MR) is 101 cm³/mol. The third kappa shape index (κ3) is 4.80. The van der Waals surface area contributed by atoms with Gasteiger partial charge in [0.05, 0.1) is 5.56 Å². The number of rotatable bonds is 7. The van der Waals surface area contributed by atoms with Gasteiger partial charge in [0.25, 0.3) is 0 Å². The Morgan fingerprint density at radius 2 is 1.36 bits per heavy atom. The van der Waals surface area contributed by atoms with Gasteiger partial charge in [-0.3, -0.25) is 0 Å². The van der Waals surface area contributed by atoms with Gasteiger partial charge in [0.2, 0.25) is 0 Å². The fraction of sp³-hybridized carbons (Fsp3) is 0.174. The van der Waals surface area contributed by atoms with Gasteiger partial charge in [0, 0.05) is 0 Å². The second kappa shape index (κ2) is 8.29. The zero-order valence-corrected chi connectivity index (χ0v) is 14.1. The molecule has 0 bridgehead atoms. The van der Waals surface area contributed by atoms with Crippen molar-refractivity contribution in [1.29, 1.82) is 0 Å². The van der Waals surface area contributed by atoms with E-state index in [1.807, 2.05) is 24.3 Å². The number of hydrogen-bond donors (Lipinski definition) is 1. The van der Waals surface area contributed by atoms with Gasteiger partial charge < -0.3 is 5.11 Å². The summed E-state index contributed by atoms with van der Waals surface area (Å²) in [7, 11) is 0. The molecule has 0 aliphatic carbocycles. The summed E-state index contributed by atoms with van der Waals surface area (Å²) < 4.78 is 0. The van der Waals surface area contributed by atoms with Crippen molar-refractivity contribution >= 4 is 5.97 Å². The van der Waals surface area contributed by atoms with Crippen molar-refractivity contribution in [1.82, 2.24) is 0 Å². The van der Waals surface area contributed by atoms with Gasteiger partial charge in [-0.2, -0.15) is 0 Å². The summed E-state index contributed by atoms with van der Waals surface area (Å²) in [6.07, 6.45) is 3.01. The lowest BCUT2D eigenvalue weighted by molar-refractivity contribution is 0.0697. The Labute approximate surface area is 148 Å². The molecule has 0 aliphatic heterocycles. The molecule has 0 fully saturated rings. The normalized spacial score (nSPS) is 11.8. The number of carbonyl (C=O) groups is 1. The van der Waals surface area contributed by atoms with Crippen molar-refractivity contribution in [3.05, 3.63) is 107 Å². The van der Waals surface area contributed by atoms with Crippen molar-refractivity contribution in [2.75, 3.05) is 0 Å². The van der Waals surface area contributed by atoms with Crippen LogP contribution in [-0.2, 0) is 12.8 Å². The first kappa shape index (κ1) is 17.0. The van der Waals surface area contributed by atoms with Crippen LogP contribution in [-0.4, -0.2) is 11.1 Å². The largest absolute Gasteiger partial charge is 0.478 e. The maximum absolute atomic E-state index is 11.0. The van der Waals surface area contributed by atoms with Crippen LogP contribution in [0.3, 0.4) is 0 Å². The van der Waals surface area contributed by atoms with Gasteiger partial charge in [-0.05, 0) is 54.0 Å². The Morgan fingerprint density at radius 1 is 0.760 bits per heavy atom. The minimum atomic E-state index is -0.879. The molecule has 2 heteroatoms. The number of carboxylic acid groups (broad SMARTS) is 1. The Bertz CT molecular complexity index is 793. The standard InChI is InChI=1S/C23H22O2/c24-23(25)21-14-12-19(13-15-21)17-22(20-9-5-2-6-10-20)16-11-18-7-3-1-4-8-18/h1-10,12-15,22H,11,16-17H2,(H,24,25). The van der Waals surface area contributed by atoms with Crippen LogP contribution in [0, 0.1) is 0 Å². The molecular weight excluding hydrogens is 308 g/mol. The molecule has 25 heavy (non-hydrogen) atoms. The molecule has 1 unspecified atom stereocenters. The summed E-state index contributed by atoms with van der Waals surface area (Å²) in [4.78, 5) is 11.0. The molecular formula is C23H22O2. The van der Waals surface area contributed by atoms with Crippen molar-refractivity contribution in [3.8, 4) is 0 Å². The highest BCUT2D eigenvalue weighted by atomic mass is 16.4. The van der Waals surface area contributed by atoms with E-state index >= 15 is 0 Å². The first-order valence-electron chi connectivity index (χ1n) is 8.63. The van der Waals surface area contributed by atoms with Gasteiger partial charge >= 0.3 is 5.97 Å². The first-order valence-corrected chi connectivity index (χ1v) is 8.63. The lowest BCUT2D eigenvalue weighted by atomic mass is 9.87. The number of aryl methyl sites for hydroxylation is 1. The Morgan fingerprint density at radius 3 is 1.96 bits per heavy atom. The molecule has 3 aromatic carbocycles. The smallest absolute Gasteiger partial charge is 0.335 e. The SMILES string of the molecule is O=C(O)c1ccc(CC(CCc2ccccc2)c2ccccc2)cc1. The average Bonchev–Trinajstić information content (AvgIpc) is 2.67. The fourth-order valence-electron chi connectivity index (χ4n) is 3.17. The van der Waals surface area contributed by atoms with E-state index in [2.05, 4.69) is 48.5 Å². The van der Waals surface area contributed by atoms with Crippen LogP contribution in [0.4, 0.5) is 0 Å². The molecule has 0 saturated carbocycles. The summed E-state index contributed by atoms with van der Waals surface area (Å²) in [5, 5.41) is 9.05. The van der Waals surface area contributed by atoms with E-state index in [9.17, 15) is 4.79 Å². The Kier molecular flexibility index (Phi) is 5.63. The van der Waals surface area contributed by atoms with Gasteiger partial charge in [0.15, 0.2) is 0 Å². The van der Waals surface area contributed by atoms with Crippen LogP contribution in [0.1, 0.15) is 39.4 Å². The predicted octanol–water partition coefficient (Wildman–Crippen LogP) is 5.34. The van der Waals surface area contributed by atoms with Gasteiger partial charge in [-0.15, -0.1) is 0 Å². The second-order valence-electron chi connectivity index (χ2n) is 6.34. The monoisotopic (exact) mass is 330 g/mol. The zero-order chi connectivity index (χ0) is 17.5. The van der Waals surface area contributed by atoms with E-state index < -0.39 is 5.97 Å². The zero-order valence-electron chi connectivity index (χ0n) is 14.1. The Hall–Kier alpha value is -2.87. The van der Waals surface area contributed by atoms with E-state index in [-0.39, 0.29) is 0 Å². The summed E-state index contributed by atoms with van der Waals surface area (Å²) in [6, 6.07) is 28.4. The molecule has 0 amide bonds. The molecule has 1 atom stereocenters. The molecule has 2 nitrogen and oxygen atoms in total. The van der Waals surface area contributed by atoms with Crippen molar-refractivity contribution in [3.63, 3.8) is 0 Å². The quantitative estimate of drug-likeness (QED) is 0.634. The number of aromatic carboxylic acids is 1. The van der Waals surface area contributed by atoms with E-state index in [1.54, 1.807) is 12.1 Å². The van der Waals surface area contributed by atoms with Crippen LogP contribution >= 0.6 is 0 Å². The van der Waals surface area contributed by atoms with Gasteiger partial charge in [0.1, 0.15) is 0 Å². The molecule has 126 valence electrons. The van der Waals surface area contributed by atoms with Crippen LogP contribution in [0.5, 0.6) is 0 Å². The van der Waals surface area contributed by atoms with E-state index in [0.717, 1.165) is 19.3 Å². The molecule has 0 heterocycles. The van der Waals surface area contributed by atoms with Gasteiger partial charge in [-0.1, -0.05) is 72.8 Å². The lowest BCUT2D eigenvalue weighted by Crippen LogP contribution is -2.05. The fourth-order valence-corrected chi connectivity index (χ4v) is 3.17. The summed E-state index contributed by atoms with van der Waals surface area (Å²) in [5.41, 5.74) is 4.20. The molecule has 3 aromatic rings. The Balaban J connectivity index is 1.75. The molecule has 0 radical (unpaired) electrons. The molecule has 0 saturated heterocycles. The maximum Gasteiger partial charge on any atom is 0.335 e. The molecule has 0 aromatic heterocycles. The molecule has 3 rings (SSSR count). The van der Waals surface area contributed by atoms with Gasteiger partial charge in [-0.25, -0.2) is 4.79 Å². The van der Waals surface area contributed by atoms with Crippen molar-refractivity contribution < 1.29 is 9.90 Å².